The van der Waals surface area contributed by atoms with E-state index in [-0.39, 0.29) is 0 Å². The minimum absolute atomic E-state index is 0.807. The predicted molar refractivity (Wildman–Crippen MR) is 66.2 cm³/mol. The Bertz CT molecular complexity index is 500. The van der Waals surface area contributed by atoms with Gasteiger partial charge in [0.15, 0.2) is 0 Å². The maximum atomic E-state index is 5.95. The quantitative estimate of drug-likeness (QED) is 0.797. The first-order chi connectivity index (χ1) is 7.09. The van der Waals surface area contributed by atoms with Gasteiger partial charge >= 0.3 is 0 Å². The number of hydrogen-bond donors (Lipinski definition) is 1. The van der Waals surface area contributed by atoms with Crippen molar-refractivity contribution >= 4 is 16.3 Å². The van der Waals surface area contributed by atoms with Gasteiger partial charge in [-0.2, -0.15) is 0 Å². The molecule has 0 unspecified atom stereocenters. The summed E-state index contributed by atoms with van der Waals surface area (Å²) in [6, 6.07) is 6.23. The molecule has 0 amide bonds. The van der Waals surface area contributed by atoms with E-state index in [1.807, 2.05) is 13.0 Å². The summed E-state index contributed by atoms with van der Waals surface area (Å²) in [6.45, 7) is 6.20. The molecule has 0 aliphatic rings. The largest absolute Gasteiger partial charge is 0.389 e. The summed E-state index contributed by atoms with van der Waals surface area (Å²) < 4.78 is 0. The molecule has 0 atom stereocenters. The number of aryl methyl sites for hydroxylation is 2. The Morgan fingerprint density at radius 1 is 1.20 bits per heavy atom. The van der Waals surface area contributed by atoms with Gasteiger partial charge in [-0.1, -0.05) is 18.2 Å². The lowest BCUT2D eigenvalue weighted by molar-refractivity contribution is 1.27. The van der Waals surface area contributed by atoms with Gasteiger partial charge in [-0.25, -0.2) is 4.98 Å². The smallest absolute Gasteiger partial charge is 0.114 e. The van der Waals surface area contributed by atoms with Crippen molar-refractivity contribution in [3.63, 3.8) is 0 Å². The predicted octanol–water partition coefficient (Wildman–Crippen LogP) is 3.32. The second-order valence-corrected chi connectivity index (χ2v) is 4.93. The molecule has 2 N–H and O–H groups in total. The molecule has 2 rings (SSSR count). The summed E-state index contributed by atoms with van der Waals surface area (Å²) in [4.78, 5) is 4.48. The fourth-order valence-electron chi connectivity index (χ4n) is 1.64. The summed E-state index contributed by atoms with van der Waals surface area (Å²) in [6.07, 6.45) is 0. The van der Waals surface area contributed by atoms with E-state index in [4.69, 9.17) is 5.73 Å². The molecule has 0 saturated carbocycles. The van der Waals surface area contributed by atoms with E-state index >= 15 is 0 Å². The number of nitrogen functional groups attached to an aromatic ring is 1. The van der Waals surface area contributed by atoms with Crippen molar-refractivity contribution in [3.05, 3.63) is 34.3 Å². The Kier molecular flexibility index (Phi) is 2.49. The zero-order chi connectivity index (χ0) is 11.0. The number of aromatic nitrogens is 1. The van der Waals surface area contributed by atoms with Crippen LogP contribution in [0.3, 0.4) is 0 Å². The Morgan fingerprint density at radius 2 is 1.93 bits per heavy atom. The highest BCUT2D eigenvalue weighted by Crippen LogP contribution is 2.32. The van der Waals surface area contributed by atoms with Crippen molar-refractivity contribution in [1.82, 2.24) is 4.98 Å². The Labute approximate surface area is 93.8 Å². The van der Waals surface area contributed by atoms with Gasteiger partial charge in [0, 0.05) is 5.56 Å². The lowest BCUT2D eigenvalue weighted by Crippen LogP contribution is -1.90. The zero-order valence-electron chi connectivity index (χ0n) is 9.16. The Hall–Kier alpha value is -1.35. The van der Waals surface area contributed by atoms with E-state index in [1.54, 1.807) is 11.3 Å². The maximum Gasteiger partial charge on any atom is 0.114 e. The van der Waals surface area contributed by atoms with Crippen molar-refractivity contribution in [2.75, 3.05) is 5.73 Å². The number of thiazole rings is 1. The highest BCUT2D eigenvalue weighted by Gasteiger charge is 2.11. The molecule has 0 bridgehead atoms. The van der Waals surface area contributed by atoms with E-state index in [0.717, 1.165) is 21.3 Å². The lowest BCUT2D eigenvalue weighted by Gasteiger charge is -2.06. The molecule has 2 nitrogen and oxygen atoms in total. The van der Waals surface area contributed by atoms with Gasteiger partial charge in [0.25, 0.3) is 0 Å². The number of nitrogens with zero attached hydrogens (tertiary/aromatic N) is 1. The first kappa shape index (κ1) is 10.2. The summed E-state index contributed by atoms with van der Waals surface area (Å²) in [7, 11) is 0. The first-order valence-electron chi connectivity index (χ1n) is 4.89. The first-order valence-corrected chi connectivity index (χ1v) is 5.70. The Morgan fingerprint density at radius 3 is 2.53 bits per heavy atom. The average molecular weight is 218 g/mol. The normalized spacial score (nSPS) is 10.6. The molecule has 1 aromatic heterocycles. The minimum Gasteiger partial charge on any atom is -0.389 e. The van der Waals surface area contributed by atoms with Crippen LogP contribution in [0.4, 0.5) is 5.00 Å². The second-order valence-electron chi connectivity index (χ2n) is 3.69. The zero-order valence-corrected chi connectivity index (χ0v) is 9.98. The second kappa shape index (κ2) is 3.66. The molecule has 78 valence electrons. The van der Waals surface area contributed by atoms with Crippen molar-refractivity contribution in [2.45, 2.75) is 20.8 Å². The number of rotatable bonds is 1. The van der Waals surface area contributed by atoms with Crippen LogP contribution in [0.15, 0.2) is 18.2 Å². The van der Waals surface area contributed by atoms with Gasteiger partial charge in [-0.15, -0.1) is 11.3 Å². The molecule has 0 aliphatic carbocycles. The van der Waals surface area contributed by atoms with Crippen molar-refractivity contribution in [1.29, 1.82) is 0 Å². The molecule has 1 aromatic carbocycles. The van der Waals surface area contributed by atoms with Gasteiger partial charge in [0.1, 0.15) is 10.7 Å². The molecule has 0 fully saturated rings. The molecular weight excluding hydrogens is 204 g/mol. The topological polar surface area (TPSA) is 38.9 Å². The fourth-order valence-corrected chi connectivity index (χ4v) is 2.35. The van der Waals surface area contributed by atoms with Crippen LogP contribution in [-0.4, -0.2) is 4.98 Å². The number of hydrogen-bond acceptors (Lipinski definition) is 3. The maximum absolute atomic E-state index is 5.95. The summed E-state index contributed by atoms with van der Waals surface area (Å²) in [5, 5.41) is 1.82. The molecule has 3 heteroatoms. The highest BCUT2D eigenvalue weighted by atomic mass is 32.1. The van der Waals surface area contributed by atoms with Crippen LogP contribution in [0.2, 0.25) is 0 Å². The van der Waals surface area contributed by atoms with Gasteiger partial charge < -0.3 is 5.73 Å². The Balaban J connectivity index is 2.64. The van der Waals surface area contributed by atoms with Crippen molar-refractivity contribution < 1.29 is 0 Å². The third-order valence-corrected chi connectivity index (χ3v) is 3.42. The van der Waals surface area contributed by atoms with E-state index in [2.05, 4.69) is 31.0 Å². The van der Waals surface area contributed by atoms with Crippen LogP contribution in [0.25, 0.3) is 11.3 Å². The van der Waals surface area contributed by atoms with Gasteiger partial charge in [-0.3, -0.25) is 0 Å². The average Bonchev–Trinajstić information content (AvgIpc) is 2.50. The van der Waals surface area contributed by atoms with Crippen LogP contribution in [0, 0.1) is 20.8 Å². The molecule has 0 aliphatic heterocycles. The van der Waals surface area contributed by atoms with Gasteiger partial charge in [0.05, 0.1) is 5.01 Å². The van der Waals surface area contributed by atoms with E-state index in [9.17, 15) is 0 Å². The summed E-state index contributed by atoms with van der Waals surface area (Å²) in [5.74, 6) is 0. The molecule has 2 aromatic rings. The minimum atomic E-state index is 0.807. The monoisotopic (exact) mass is 218 g/mol. The molecule has 15 heavy (non-hydrogen) atoms. The molecule has 1 heterocycles. The van der Waals surface area contributed by atoms with E-state index in [1.165, 1.54) is 11.1 Å². The molecular formula is C12H14N2S. The fraction of sp³-hybridized carbons (Fsp3) is 0.250. The van der Waals surface area contributed by atoms with E-state index < -0.39 is 0 Å². The number of benzene rings is 1. The van der Waals surface area contributed by atoms with Crippen LogP contribution < -0.4 is 5.73 Å². The van der Waals surface area contributed by atoms with Crippen molar-refractivity contribution in [3.8, 4) is 11.3 Å². The van der Waals surface area contributed by atoms with E-state index in [0.29, 0.717) is 0 Å². The van der Waals surface area contributed by atoms with Gasteiger partial charge in [-0.05, 0) is 31.9 Å². The SMILES string of the molecule is Cc1nc(-c2cccc(C)c2C)c(N)s1. The summed E-state index contributed by atoms with van der Waals surface area (Å²) >= 11 is 1.55. The third-order valence-electron chi connectivity index (χ3n) is 2.62. The van der Waals surface area contributed by atoms with Crippen molar-refractivity contribution in [2.24, 2.45) is 0 Å². The molecule has 0 radical (unpaired) electrons. The highest BCUT2D eigenvalue weighted by molar-refractivity contribution is 7.16. The van der Waals surface area contributed by atoms with Crippen LogP contribution >= 0.6 is 11.3 Å². The lowest BCUT2D eigenvalue weighted by atomic mass is 10.0. The third kappa shape index (κ3) is 1.75. The summed E-state index contributed by atoms with van der Waals surface area (Å²) in [5.41, 5.74) is 10.6. The van der Waals surface area contributed by atoms with Gasteiger partial charge in [0.2, 0.25) is 0 Å². The number of anilines is 1. The molecule has 0 saturated heterocycles. The van der Waals surface area contributed by atoms with Crippen LogP contribution in [0.1, 0.15) is 16.1 Å². The molecule has 0 spiro atoms. The van der Waals surface area contributed by atoms with Crippen LogP contribution in [0.5, 0.6) is 0 Å². The van der Waals surface area contributed by atoms with Crippen LogP contribution in [-0.2, 0) is 0 Å². The number of nitrogens with two attached hydrogens (primary N) is 1. The standard InChI is InChI=1S/C12H14N2S/c1-7-5-4-6-10(8(7)2)11-12(13)15-9(3)14-11/h4-6H,13H2,1-3H3.